The van der Waals surface area contributed by atoms with E-state index in [0.717, 1.165) is 11.8 Å². The van der Waals surface area contributed by atoms with Gasteiger partial charge < -0.3 is 5.32 Å². The fourth-order valence-corrected chi connectivity index (χ4v) is 3.27. The number of non-ortho nitro benzene ring substituents is 1. The van der Waals surface area contributed by atoms with Crippen molar-refractivity contribution in [1.82, 2.24) is 14.8 Å². The second kappa shape index (κ2) is 8.32. The number of aromatic nitrogens is 3. The van der Waals surface area contributed by atoms with E-state index in [9.17, 15) is 14.9 Å². The Morgan fingerprint density at radius 2 is 2.04 bits per heavy atom. The van der Waals surface area contributed by atoms with E-state index in [1.165, 1.54) is 23.9 Å². The average molecular weight is 394 g/mol. The van der Waals surface area contributed by atoms with Crippen molar-refractivity contribution in [3.8, 4) is 11.8 Å². The Hall–Kier alpha value is -3.71. The number of nitrogens with zero attached hydrogens (tertiary/aromatic N) is 5. The van der Waals surface area contributed by atoms with E-state index in [1.807, 2.05) is 47.9 Å². The van der Waals surface area contributed by atoms with Crippen LogP contribution in [0.15, 0.2) is 53.7 Å². The lowest BCUT2D eigenvalue weighted by atomic mass is 10.1. The van der Waals surface area contributed by atoms with Gasteiger partial charge in [-0.2, -0.15) is 5.26 Å². The van der Waals surface area contributed by atoms with Gasteiger partial charge in [0.25, 0.3) is 5.69 Å². The van der Waals surface area contributed by atoms with E-state index in [2.05, 4.69) is 15.5 Å². The van der Waals surface area contributed by atoms with Gasteiger partial charge in [0.05, 0.1) is 21.9 Å². The second-order valence-electron chi connectivity index (χ2n) is 5.64. The number of nitrogens with one attached hydrogen (secondary N) is 1. The summed E-state index contributed by atoms with van der Waals surface area (Å²) in [5.41, 5.74) is 0.917. The minimum atomic E-state index is -0.596. The maximum atomic E-state index is 12.3. The quantitative estimate of drug-likeness (QED) is 0.387. The van der Waals surface area contributed by atoms with E-state index >= 15 is 0 Å². The largest absolute Gasteiger partial charge is 0.324 e. The van der Waals surface area contributed by atoms with E-state index in [-0.39, 0.29) is 28.6 Å². The SMILES string of the molecule is Cc1nnc(SCC(=O)Nc2ccc([N+](=O)[O-])cc2C#N)n1-c1ccccc1. The van der Waals surface area contributed by atoms with Crippen LogP contribution in [0, 0.1) is 28.4 Å². The highest BCUT2D eigenvalue weighted by Crippen LogP contribution is 2.24. The van der Waals surface area contributed by atoms with Crippen LogP contribution in [0.3, 0.4) is 0 Å². The van der Waals surface area contributed by atoms with Crippen molar-refractivity contribution in [3.05, 3.63) is 70.0 Å². The predicted octanol–water partition coefficient (Wildman–Crippen LogP) is 3.09. The lowest BCUT2D eigenvalue weighted by Gasteiger charge is -2.09. The summed E-state index contributed by atoms with van der Waals surface area (Å²) in [6.45, 7) is 1.82. The molecule has 0 aliphatic heterocycles. The lowest BCUT2D eigenvalue weighted by molar-refractivity contribution is -0.384. The highest BCUT2D eigenvalue weighted by molar-refractivity contribution is 7.99. The fourth-order valence-electron chi connectivity index (χ4n) is 2.47. The monoisotopic (exact) mass is 394 g/mol. The number of nitro benzene ring substituents is 1. The summed E-state index contributed by atoms with van der Waals surface area (Å²) in [6.07, 6.45) is 0. The lowest BCUT2D eigenvalue weighted by Crippen LogP contribution is -2.15. The molecule has 0 saturated carbocycles. The Bertz CT molecular complexity index is 1070. The van der Waals surface area contributed by atoms with Gasteiger partial charge in [0.2, 0.25) is 5.91 Å². The minimum Gasteiger partial charge on any atom is -0.324 e. The summed E-state index contributed by atoms with van der Waals surface area (Å²) in [7, 11) is 0. The topological polar surface area (TPSA) is 127 Å². The molecule has 3 aromatic rings. The molecule has 140 valence electrons. The van der Waals surface area contributed by atoms with Crippen molar-refractivity contribution in [2.24, 2.45) is 0 Å². The number of nitro groups is 1. The number of aryl methyl sites for hydroxylation is 1. The molecule has 28 heavy (non-hydrogen) atoms. The number of carbonyl (C=O) groups is 1. The molecule has 1 heterocycles. The van der Waals surface area contributed by atoms with Crippen molar-refractivity contribution < 1.29 is 9.72 Å². The van der Waals surface area contributed by atoms with Crippen LogP contribution in [0.1, 0.15) is 11.4 Å². The van der Waals surface area contributed by atoms with Gasteiger partial charge in [-0.3, -0.25) is 19.5 Å². The average Bonchev–Trinajstić information content (AvgIpc) is 3.07. The number of carbonyl (C=O) groups excluding carboxylic acids is 1. The molecule has 0 radical (unpaired) electrons. The molecule has 0 saturated heterocycles. The van der Waals surface area contributed by atoms with Crippen molar-refractivity contribution in [2.75, 3.05) is 11.1 Å². The number of rotatable bonds is 6. The summed E-state index contributed by atoms with van der Waals surface area (Å²) >= 11 is 1.20. The molecule has 0 aliphatic rings. The summed E-state index contributed by atoms with van der Waals surface area (Å²) in [4.78, 5) is 22.5. The molecule has 0 unspecified atom stereocenters. The van der Waals surface area contributed by atoms with Crippen LogP contribution < -0.4 is 5.32 Å². The highest BCUT2D eigenvalue weighted by atomic mass is 32.2. The molecule has 9 nitrogen and oxygen atoms in total. The van der Waals surface area contributed by atoms with Crippen LogP contribution in [0.25, 0.3) is 5.69 Å². The number of para-hydroxylation sites is 1. The number of hydrogen-bond donors (Lipinski definition) is 1. The van der Waals surface area contributed by atoms with Gasteiger partial charge in [-0.25, -0.2) is 0 Å². The Morgan fingerprint density at radius 1 is 1.29 bits per heavy atom. The molecule has 3 rings (SSSR count). The molecule has 0 atom stereocenters. The predicted molar refractivity (Wildman–Crippen MR) is 103 cm³/mol. The van der Waals surface area contributed by atoms with Crippen LogP contribution in [0.5, 0.6) is 0 Å². The van der Waals surface area contributed by atoms with Crippen molar-refractivity contribution in [3.63, 3.8) is 0 Å². The van der Waals surface area contributed by atoms with E-state index < -0.39 is 4.92 Å². The third-order valence-electron chi connectivity index (χ3n) is 3.75. The Kier molecular flexibility index (Phi) is 5.67. The van der Waals surface area contributed by atoms with Crippen molar-refractivity contribution >= 4 is 29.0 Å². The number of hydrogen-bond acceptors (Lipinski definition) is 7. The van der Waals surface area contributed by atoms with Crippen molar-refractivity contribution in [1.29, 1.82) is 5.26 Å². The maximum absolute atomic E-state index is 12.3. The van der Waals surface area contributed by atoms with Crippen molar-refractivity contribution in [2.45, 2.75) is 12.1 Å². The van der Waals surface area contributed by atoms with Crippen LogP contribution in [-0.2, 0) is 4.79 Å². The molecular formula is C18H14N6O3S. The van der Waals surface area contributed by atoms with Crippen LogP contribution in [0.2, 0.25) is 0 Å². The molecule has 1 amide bonds. The minimum absolute atomic E-state index is 0.0239. The number of nitriles is 1. The first kappa shape index (κ1) is 19.1. The first-order chi connectivity index (χ1) is 13.5. The highest BCUT2D eigenvalue weighted by Gasteiger charge is 2.15. The molecule has 1 N–H and O–H groups in total. The summed E-state index contributed by atoms with van der Waals surface area (Å²) in [5.74, 6) is 0.360. The third-order valence-corrected chi connectivity index (χ3v) is 4.68. The first-order valence-corrected chi connectivity index (χ1v) is 9.07. The third kappa shape index (κ3) is 4.16. The molecule has 0 bridgehead atoms. The van der Waals surface area contributed by atoms with Gasteiger partial charge in [-0.1, -0.05) is 30.0 Å². The van der Waals surface area contributed by atoms with E-state index in [4.69, 9.17) is 5.26 Å². The molecule has 1 aromatic heterocycles. The van der Waals surface area contributed by atoms with Gasteiger partial charge in [-0.15, -0.1) is 10.2 Å². The van der Waals surface area contributed by atoms with Crippen LogP contribution in [0.4, 0.5) is 11.4 Å². The number of anilines is 1. The summed E-state index contributed by atoms with van der Waals surface area (Å²) in [5, 5.41) is 31.3. The standard InChI is InChI=1S/C18H14N6O3S/c1-12-21-22-18(23(12)14-5-3-2-4-6-14)28-11-17(25)20-16-8-7-15(24(26)27)9-13(16)10-19/h2-9H,11H2,1H3,(H,20,25). The number of benzene rings is 2. The normalized spacial score (nSPS) is 10.3. The van der Waals surface area contributed by atoms with Crippen LogP contribution in [-0.4, -0.2) is 31.3 Å². The number of thioether (sulfide) groups is 1. The zero-order chi connectivity index (χ0) is 20.1. The Balaban J connectivity index is 1.71. The maximum Gasteiger partial charge on any atom is 0.270 e. The van der Waals surface area contributed by atoms with E-state index in [1.54, 1.807) is 0 Å². The molecule has 10 heteroatoms. The van der Waals surface area contributed by atoms with E-state index in [0.29, 0.717) is 11.0 Å². The van der Waals surface area contributed by atoms with Crippen LogP contribution >= 0.6 is 11.8 Å². The van der Waals surface area contributed by atoms with Gasteiger partial charge in [0.15, 0.2) is 5.16 Å². The fraction of sp³-hybridized carbons (Fsp3) is 0.111. The molecule has 0 fully saturated rings. The summed E-state index contributed by atoms with van der Waals surface area (Å²) in [6, 6.07) is 15.1. The second-order valence-corrected chi connectivity index (χ2v) is 6.58. The first-order valence-electron chi connectivity index (χ1n) is 8.08. The zero-order valence-electron chi connectivity index (χ0n) is 14.7. The number of amides is 1. The molecule has 0 aliphatic carbocycles. The summed E-state index contributed by atoms with van der Waals surface area (Å²) < 4.78 is 1.84. The van der Waals surface area contributed by atoms with Gasteiger partial charge >= 0.3 is 0 Å². The zero-order valence-corrected chi connectivity index (χ0v) is 15.5. The van der Waals surface area contributed by atoms with Gasteiger partial charge in [0.1, 0.15) is 11.9 Å². The Labute approximate surface area is 164 Å². The smallest absolute Gasteiger partial charge is 0.270 e. The molecule has 2 aromatic carbocycles. The van der Waals surface area contributed by atoms with Gasteiger partial charge in [0, 0.05) is 17.8 Å². The molecule has 0 spiro atoms. The van der Waals surface area contributed by atoms with Gasteiger partial charge in [-0.05, 0) is 25.1 Å². The molecular weight excluding hydrogens is 380 g/mol. The Morgan fingerprint density at radius 3 is 2.71 bits per heavy atom.